The molecule has 0 bridgehead atoms. The molecule has 28 heavy (non-hydrogen) atoms. The van der Waals surface area contributed by atoms with E-state index in [0.717, 1.165) is 12.8 Å². The molecule has 0 spiro atoms. The van der Waals surface area contributed by atoms with Crippen molar-refractivity contribution >= 4 is 11.9 Å². The number of ether oxygens (including phenoxy) is 2. The summed E-state index contributed by atoms with van der Waals surface area (Å²) in [5.41, 5.74) is -0.104. The highest BCUT2D eigenvalue weighted by Crippen LogP contribution is 2.35. The fraction of sp³-hybridized carbons (Fsp3) is 0.391. The molecule has 1 atom stereocenters. The number of carbonyl (C=O) groups is 2. The van der Waals surface area contributed by atoms with Gasteiger partial charge in [-0.05, 0) is 31.4 Å². The van der Waals surface area contributed by atoms with Crippen LogP contribution in [0.4, 0.5) is 0 Å². The second kappa shape index (κ2) is 10.6. The second-order valence-electron chi connectivity index (χ2n) is 6.68. The molecule has 0 saturated carbocycles. The topological polar surface area (TPSA) is 64.6 Å². The van der Waals surface area contributed by atoms with Gasteiger partial charge in [-0.2, -0.15) is 0 Å². The lowest BCUT2D eigenvalue weighted by atomic mass is 9.86. The minimum absolute atomic E-state index is 0.0381. The molecule has 1 amide bonds. The standard InChI is InChI=1S/C23H29NO4/c1-4-12-18(3)24-21(25)17-27-22(26)23(28-5-2,19-13-8-6-9-14-19)20-15-10-7-11-16-20/h6-11,13-16,18H,4-5,12,17H2,1-3H3,(H,24,25)/t18-/m1/s1. The highest BCUT2D eigenvalue weighted by Gasteiger charge is 2.45. The van der Waals surface area contributed by atoms with Crippen LogP contribution in [-0.4, -0.2) is 31.1 Å². The third-order valence-electron chi connectivity index (χ3n) is 4.47. The Hall–Kier alpha value is -2.66. The van der Waals surface area contributed by atoms with Crippen molar-refractivity contribution in [2.75, 3.05) is 13.2 Å². The van der Waals surface area contributed by atoms with Gasteiger partial charge in [0.2, 0.25) is 5.60 Å². The van der Waals surface area contributed by atoms with Crippen molar-refractivity contribution in [1.82, 2.24) is 5.32 Å². The van der Waals surface area contributed by atoms with Gasteiger partial charge in [0.15, 0.2) is 6.61 Å². The lowest BCUT2D eigenvalue weighted by Gasteiger charge is -2.32. The molecular weight excluding hydrogens is 354 g/mol. The van der Waals surface area contributed by atoms with Crippen LogP contribution >= 0.6 is 0 Å². The molecule has 1 N–H and O–H groups in total. The number of amides is 1. The first-order valence-corrected chi connectivity index (χ1v) is 9.76. The van der Waals surface area contributed by atoms with Gasteiger partial charge in [0, 0.05) is 12.6 Å². The summed E-state index contributed by atoms with van der Waals surface area (Å²) >= 11 is 0. The highest BCUT2D eigenvalue weighted by molar-refractivity contribution is 5.88. The molecule has 150 valence electrons. The minimum Gasteiger partial charge on any atom is -0.453 e. The summed E-state index contributed by atoms with van der Waals surface area (Å²) in [6, 6.07) is 18.5. The zero-order valence-electron chi connectivity index (χ0n) is 16.8. The van der Waals surface area contributed by atoms with Gasteiger partial charge in [-0.3, -0.25) is 4.79 Å². The molecule has 0 saturated heterocycles. The maximum atomic E-state index is 13.2. The zero-order chi connectivity index (χ0) is 20.4. The van der Waals surface area contributed by atoms with E-state index in [1.54, 1.807) is 0 Å². The number of hydrogen-bond donors (Lipinski definition) is 1. The van der Waals surface area contributed by atoms with Gasteiger partial charge in [0.1, 0.15) is 0 Å². The van der Waals surface area contributed by atoms with E-state index in [1.807, 2.05) is 74.5 Å². The monoisotopic (exact) mass is 383 g/mol. The summed E-state index contributed by atoms with van der Waals surface area (Å²) < 4.78 is 11.4. The van der Waals surface area contributed by atoms with Crippen LogP contribution in [0.5, 0.6) is 0 Å². The van der Waals surface area contributed by atoms with Gasteiger partial charge >= 0.3 is 5.97 Å². The molecule has 0 aliphatic carbocycles. The van der Waals surface area contributed by atoms with Crippen LogP contribution in [0.15, 0.2) is 60.7 Å². The van der Waals surface area contributed by atoms with Gasteiger partial charge in [0.05, 0.1) is 0 Å². The number of rotatable bonds is 10. The van der Waals surface area contributed by atoms with E-state index >= 15 is 0 Å². The summed E-state index contributed by atoms with van der Waals surface area (Å²) in [6.45, 7) is 5.77. The largest absolute Gasteiger partial charge is 0.453 e. The van der Waals surface area contributed by atoms with E-state index in [2.05, 4.69) is 12.2 Å². The molecule has 5 nitrogen and oxygen atoms in total. The lowest BCUT2D eigenvalue weighted by Crippen LogP contribution is -2.43. The normalized spacial score (nSPS) is 12.2. The van der Waals surface area contributed by atoms with Crippen molar-refractivity contribution in [2.45, 2.75) is 45.3 Å². The van der Waals surface area contributed by atoms with Gasteiger partial charge in [-0.15, -0.1) is 0 Å². The predicted molar refractivity (Wildman–Crippen MR) is 109 cm³/mol. The summed E-state index contributed by atoms with van der Waals surface area (Å²) in [6.07, 6.45) is 1.84. The Morgan fingerprint density at radius 1 is 0.964 bits per heavy atom. The summed E-state index contributed by atoms with van der Waals surface area (Å²) in [5, 5.41) is 2.84. The molecule has 0 aliphatic heterocycles. The number of carbonyl (C=O) groups excluding carboxylic acids is 2. The average molecular weight is 383 g/mol. The van der Waals surface area contributed by atoms with E-state index < -0.39 is 11.6 Å². The molecule has 0 aromatic heterocycles. The Labute approximate surface area is 167 Å². The molecule has 0 fully saturated rings. The quantitative estimate of drug-likeness (QED) is 0.634. The van der Waals surface area contributed by atoms with Crippen molar-refractivity contribution in [2.24, 2.45) is 0 Å². The maximum absolute atomic E-state index is 13.2. The van der Waals surface area contributed by atoms with E-state index in [-0.39, 0.29) is 18.6 Å². The Morgan fingerprint density at radius 2 is 1.50 bits per heavy atom. The van der Waals surface area contributed by atoms with Crippen molar-refractivity contribution in [3.63, 3.8) is 0 Å². The Balaban J connectivity index is 2.29. The predicted octanol–water partition coefficient (Wildman–Crippen LogP) is 3.81. The third-order valence-corrected chi connectivity index (χ3v) is 4.47. The van der Waals surface area contributed by atoms with Crippen LogP contribution in [-0.2, 0) is 24.7 Å². The Bertz CT molecular complexity index is 706. The fourth-order valence-electron chi connectivity index (χ4n) is 3.24. The molecule has 2 aromatic carbocycles. The first-order chi connectivity index (χ1) is 13.5. The van der Waals surface area contributed by atoms with E-state index in [9.17, 15) is 9.59 Å². The first kappa shape index (κ1) is 21.6. The van der Waals surface area contributed by atoms with E-state index in [1.165, 1.54) is 0 Å². The van der Waals surface area contributed by atoms with Crippen LogP contribution in [0.2, 0.25) is 0 Å². The number of hydrogen-bond acceptors (Lipinski definition) is 4. The van der Waals surface area contributed by atoms with Crippen molar-refractivity contribution in [1.29, 1.82) is 0 Å². The summed E-state index contributed by atoms with van der Waals surface area (Å²) in [4.78, 5) is 25.4. The van der Waals surface area contributed by atoms with Crippen LogP contribution in [0, 0.1) is 0 Å². The molecule has 0 heterocycles. The smallest absolute Gasteiger partial charge is 0.348 e. The van der Waals surface area contributed by atoms with Gasteiger partial charge < -0.3 is 14.8 Å². The SMILES string of the molecule is CCC[C@@H](C)NC(=O)COC(=O)C(OCC)(c1ccccc1)c1ccccc1. The highest BCUT2D eigenvalue weighted by atomic mass is 16.6. The zero-order valence-corrected chi connectivity index (χ0v) is 16.8. The molecule has 0 aliphatic rings. The number of nitrogens with one attached hydrogen (secondary N) is 1. The molecule has 2 aromatic rings. The third kappa shape index (κ3) is 5.20. The minimum atomic E-state index is -1.42. The van der Waals surface area contributed by atoms with Crippen molar-refractivity contribution < 1.29 is 19.1 Å². The molecular formula is C23H29NO4. The van der Waals surface area contributed by atoms with Crippen molar-refractivity contribution in [3.05, 3.63) is 71.8 Å². The maximum Gasteiger partial charge on any atom is 0.348 e. The fourth-order valence-corrected chi connectivity index (χ4v) is 3.24. The number of benzene rings is 2. The van der Waals surface area contributed by atoms with E-state index in [0.29, 0.717) is 17.7 Å². The first-order valence-electron chi connectivity index (χ1n) is 9.76. The van der Waals surface area contributed by atoms with Gasteiger partial charge in [-0.1, -0.05) is 74.0 Å². The summed E-state index contributed by atoms with van der Waals surface area (Å²) in [7, 11) is 0. The second-order valence-corrected chi connectivity index (χ2v) is 6.68. The summed E-state index contributed by atoms with van der Waals surface area (Å²) in [5.74, 6) is -0.925. The van der Waals surface area contributed by atoms with Crippen LogP contribution in [0.3, 0.4) is 0 Å². The molecule has 0 radical (unpaired) electrons. The Kier molecular flexibility index (Phi) is 8.20. The van der Waals surface area contributed by atoms with Crippen molar-refractivity contribution in [3.8, 4) is 0 Å². The Morgan fingerprint density at radius 3 is 1.96 bits per heavy atom. The molecule has 5 heteroatoms. The lowest BCUT2D eigenvalue weighted by molar-refractivity contribution is -0.170. The average Bonchev–Trinajstić information content (AvgIpc) is 2.71. The van der Waals surface area contributed by atoms with Gasteiger partial charge in [0.25, 0.3) is 5.91 Å². The van der Waals surface area contributed by atoms with E-state index in [4.69, 9.17) is 9.47 Å². The van der Waals surface area contributed by atoms with Crippen LogP contribution < -0.4 is 5.32 Å². The number of esters is 1. The van der Waals surface area contributed by atoms with Crippen LogP contribution in [0.25, 0.3) is 0 Å². The van der Waals surface area contributed by atoms with Gasteiger partial charge in [-0.25, -0.2) is 4.79 Å². The molecule has 2 rings (SSSR count). The molecule has 0 unspecified atom stereocenters. The van der Waals surface area contributed by atoms with Crippen LogP contribution in [0.1, 0.15) is 44.7 Å².